The van der Waals surface area contributed by atoms with E-state index in [1.807, 2.05) is 0 Å². The van der Waals surface area contributed by atoms with Crippen LogP contribution in [-0.2, 0) is 9.59 Å². The van der Waals surface area contributed by atoms with Crippen LogP contribution in [0.4, 0.5) is 17.2 Å². The molecule has 8 nitrogen and oxygen atoms in total. The zero-order valence-corrected chi connectivity index (χ0v) is 17.1. The van der Waals surface area contributed by atoms with E-state index in [1.54, 1.807) is 36.5 Å². The van der Waals surface area contributed by atoms with E-state index in [9.17, 15) is 9.59 Å². The van der Waals surface area contributed by atoms with Crippen molar-refractivity contribution in [2.24, 2.45) is 0 Å². The van der Waals surface area contributed by atoms with Gasteiger partial charge in [0.1, 0.15) is 22.7 Å². The Kier molecular flexibility index (Phi) is 5.06. The van der Waals surface area contributed by atoms with Crippen LogP contribution in [0, 0.1) is 13.8 Å². The molecule has 0 saturated heterocycles. The predicted octanol–water partition coefficient (Wildman–Crippen LogP) is 3.47. The number of hydrogen-bond acceptors (Lipinski definition) is 7. The van der Waals surface area contributed by atoms with Crippen molar-refractivity contribution in [1.29, 1.82) is 0 Å². The van der Waals surface area contributed by atoms with Crippen molar-refractivity contribution in [2.75, 3.05) is 22.5 Å². The van der Waals surface area contributed by atoms with Gasteiger partial charge in [0.2, 0.25) is 5.91 Å². The van der Waals surface area contributed by atoms with Gasteiger partial charge in [-0.2, -0.15) is 0 Å². The average Bonchev–Trinajstić information content (AvgIpc) is 2.98. The molecule has 1 aromatic carbocycles. The Morgan fingerprint density at radius 3 is 2.97 bits per heavy atom. The fraction of sp³-hybridized carbons (Fsp3) is 0.300. The van der Waals surface area contributed by atoms with Gasteiger partial charge in [-0.15, -0.1) is 11.3 Å². The Morgan fingerprint density at radius 1 is 1.31 bits per heavy atom. The van der Waals surface area contributed by atoms with Crippen molar-refractivity contribution in [1.82, 2.24) is 9.97 Å². The smallest absolute Gasteiger partial charge is 0.265 e. The molecule has 2 aromatic heterocycles. The maximum Gasteiger partial charge on any atom is 0.265 e. The molecule has 4 rings (SSSR count). The summed E-state index contributed by atoms with van der Waals surface area (Å²) in [6.07, 6.45) is 1.27. The summed E-state index contributed by atoms with van der Waals surface area (Å²) in [5.74, 6) is 0.982. The number of nitrogens with zero attached hydrogens (tertiary/aromatic N) is 2. The molecule has 0 spiro atoms. The first-order valence-corrected chi connectivity index (χ1v) is 10.1. The molecule has 3 N–H and O–H groups in total. The zero-order chi connectivity index (χ0) is 20.5. The quantitative estimate of drug-likeness (QED) is 0.594. The molecule has 2 amide bonds. The predicted molar refractivity (Wildman–Crippen MR) is 114 cm³/mol. The third kappa shape index (κ3) is 3.86. The molecule has 3 heterocycles. The minimum atomic E-state index is -0.530. The van der Waals surface area contributed by atoms with Crippen LogP contribution in [0.25, 0.3) is 10.2 Å². The first-order chi connectivity index (χ1) is 13.9. The molecule has 0 radical (unpaired) electrons. The summed E-state index contributed by atoms with van der Waals surface area (Å²) in [5, 5.41) is 9.86. The van der Waals surface area contributed by atoms with Crippen LogP contribution < -0.4 is 20.7 Å². The summed E-state index contributed by atoms with van der Waals surface area (Å²) in [6.45, 7) is 6.24. The van der Waals surface area contributed by atoms with Crippen LogP contribution >= 0.6 is 11.3 Å². The van der Waals surface area contributed by atoms with Gasteiger partial charge < -0.3 is 20.7 Å². The number of amides is 2. The lowest BCUT2D eigenvalue weighted by molar-refractivity contribution is -0.122. The molecule has 3 aromatic rings. The van der Waals surface area contributed by atoms with Crippen molar-refractivity contribution in [2.45, 2.75) is 33.3 Å². The Morgan fingerprint density at radius 2 is 2.14 bits per heavy atom. The third-order valence-electron chi connectivity index (χ3n) is 4.80. The normalized spacial score (nSPS) is 15.4. The van der Waals surface area contributed by atoms with Gasteiger partial charge >= 0.3 is 0 Å². The minimum Gasteiger partial charge on any atom is -0.479 e. The highest BCUT2D eigenvalue weighted by Gasteiger charge is 2.23. The second-order valence-corrected chi connectivity index (χ2v) is 8.07. The lowest BCUT2D eigenvalue weighted by atomic mass is 10.2. The number of benzene rings is 1. The van der Waals surface area contributed by atoms with Gasteiger partial charge in [0.15, 0.2) is 6.10 Å². The Bertz CT molecular complexity index is 1110. The number of rotatable bonds is 5. The molecular formula is C20H21N5O3S. The monoisotopic (exact) mass is 411 g/mol. The van der Waals surface area contributed by atoms with Gasteiger partial charge in [0, 0.05) is 23.5 Å². The van der Waals surface area contributed by atoms with Crippen molar-refractivity contribution in [3.63, 3.8) is 0 Å². The second kappa shape index (κ2) is 7.67. The van der Waals surface area contributed by atoms with E-state index in [4.69, 9.17) is 4.74 Å². The van der Waals surface area contributed by atoms with E-state index >= 15 is 0 Å². The van der Waals surface area contributed by atoms with Crippen LogP contribution in [0.3, 0.4) is 0 Å². The fourth-order valence-corrected chi connectivity index (χ4v) is 4.12. The molecule has 150 valence electrons. The van der Waals surface area contributed by atoms with E-state index in [0.29, 0.717) is 23.7 Å². The van der Waals surface area contributed by atoms with E-state index < -0.39 is 6.10 Å². The summed E-state index contributed by atoms with van der Waals surface area (Å²) in [5.41, 5.74) is 2.31. The molecule has 0 aliphatic carbocycles. The van der Waals surface area contributed by atoms with Crippen LogP contribution in [-0.4, -0.2) is 34.4 Å². The standard InChI is InChI=1S/C20H21N5O3S/c1-10-12(3)29-20-17(10)18(22-9-23-20)21-7-6-16(26)24-13-4-5-15-14(8-13)25-19(27)11(2)28-15/h4-5,8-9,11H,6-7H2,1-3H3,(H,24,26)(H,25,27)(H,21,22,23). The van der Waals surface area contributed by atoms with Crippen molar-refractivity contribution in [3.05, 3.63) is 35.0 Å². The summed E-state index contributed by atoms with van der Waals surface area (Å²) < 4.78 is 5.52. The SMILES string of the molecule is Cc1sc2ncnc(NCCC(=O)Nc3ccc4c(c3)NC(=O)C(C)O4)c2c1C. The Hall–Kier alpha value is -3.20. The second-order valence-electron chi connectivity index (χ2n) is 6.87. The highest BCUT2D eigenvalue weighted by atomic mass is 32.1. The van der Waals surface area contributed by atoms with Crippen molar-refractivity contribution in [3.8, 4) is 5.75 Å². The zero-order valence-electron chi connectivity index (χ0n) is 16.3. The van der Waals surface area contributed by atoms with Gasteiger partial charge in [-0.3, -0.25) is 9.59 Å². The third-order valence-corrected chi connectivity index (χ3v) is 5.92. The molecular weight excluding hydrogens is 390 g/mol. The fourth-order valence-electron chi connectivity index (χ4n) is 3.12. The summed E-state index contributed by atoms with van der Waals surface area (Å²) in [4.78, 5) is 34.8. The summed E-state index contributed by atoms with van der Waals surface area (Å²) in [7, 11) is 0. The Labute approximate surface area is 171 Å². The first kappa shape index (κ1) is 19.1. The van der Waals surface area contributed by atoms with Crippen LogP contribution in [0.1, 0.15) is 23.8 Å². The molecule has 1 aliphatic rings. The number of nitrogens with one attached hydrogen (secondary N) is 3. The van der Waals surface area contributed by atoms with E-state index in [0.717, 1.165) is 21.6 Å². The number of carbonyl (C=O) groups is 2. The number of thiophene rings is 1. The molecule has 1 atom stereocenters. The molecule has 9 heteroatoms. The average molecular weight is 411 g/mol. The number of ether oxygens (including phenoxy) is 1. The number of hydrogen-bond donors (Lipinski definition) is 3. The van der Waals surface area contributed by atoms with Gasteiger partial charge in [-0.25, -0.2) is 9.97 Å². The van der Waals surface area contributed by atoms with Gasteiger partial charge in [-0.05, 0) is 44.5 Å². The van der Waals surface area contributed by atoms with Crippen molar-refractivity contribution < 1.29 is 14.3 Å². The van der Waals surface area contributed by atoms with Crippen LogP contribution in [0.5, 0.6) is 5.75 Å². The van der Waals surface area contributed by atoms with E-state index in [-0.39, 0.29) is 18.2 Å². The molecule has 1 unspecified atom stereocenters. The van der Waals surface area contributed by atoms with Gasteiger partial charge in [0.25, 0.3) is 5.91 Å². The topological polar surface area (TPSA) is 105 Å². The number of carbonyl (C=O) groups excluding carboxylic acids is 2. The minimum absolute atomic E-state index is 0.141. The number of aromatic nitrogens is 2. The molecule has 1 aliphatic heterocycles. The highest BCUT2D eigenvalue weighted by Crippen LogP contribution is 2.33. The molecule has 29 heavy (non-hydrogen) atoms. The molecule has 0 bridgehead atoms. The Balaban J connectivity index is 1.37. The lowest BCUT2D eigenvalue weighted by Crippen LogP contribution is -2.34. The van der Waals surface area contributed by atoms with Crippen LogP contribution in [0.2, 0.25) is 0 Å². The van der Waals surface area contributed by atoms with E-state index in [1.165, 1.54) is 11.2 Å². The maximum atomic E-state index is 12.3. The number of fused-ring (bicyclic) bond motifs is 2. The van der Waals surface area contributed by atoms with Gasteiger partial charge in [0.05, 0.1) is 11.1 Å². The molecule has 0 fully saturated rings. The van der Waals surface area contributed by atoms with Gasteiger partial charge in [-0.1, -0.05) is 0 Å². The highest BCUT2D eigenvalue weighted by molar-refractivity contribution is 7.18. The number of aryl methyl sites for hydroxylation is 2. The maximum absolute atomic E-state index is 12.3. The lowest BCUT2D eigenvalue weighted by Gasteiger charge is -2.23. The summed E-state index contributed by atoms with van der Waals surface area (Å²) >= 11 is 1.64. The number of anilines is 3. The van der Waals surface area contributed by atoms with Crippen LogP contribution in [0.15, 0.2) is 24.5 Å². The summed E-state index contributed by atoms with van der Waals surface area (Å²) in [6, 6.07) is 5.17. The first-order valence-electron chi connectivity index (χ1n) is 9.28. The van der Waals surface area contributed by atoms with E-state index in [2.05, 4.69) is 39.8 Å². The largest absolute Gasteiger partial charge is 0.479 e. The molecule has 0 saturated carbocycles. The van der Waals surface area contributed by atoms with Crippen molar-refractivity contribution >= 4 is 50.6 Å².